The average molecular weight is 424 g/mol. The molecule has 0 fully saturated rings. The third kappa shape index (κ3) is 5.68. The van der Waals surface area contributed by atoms with Crippen LogP contribution in [0.2, 0.25) is 0 Å². The average Bonchev–Trinajstić information content (AvgIpc) is 3.25. The molecule has 0 amide bonds. The molecule has 0 bridgehead atoms. The zero-order valence-electron chi connectivity index (χ0n) is 17.6. The lowest BCUT2D eigenvalue weighted by atomic mass is 10.0. The topological polar surface area (TPSA) is 129 Å². The number of fused-ring (bicyclic) bond motifs is 2. The molecule has 164 valence electrons. The number of anilines is 2. The van der Waals surface area contributed by atoms with E-state index in [-0.39, 0.29) is 0 Å². The summed E-state index contributed by atoms with van der Waals surface area (Å²) in [6, 6.07) is 3.65. The van der Waals surface area contributed by atoms with E-state index < -0.39 is 12.0 Å². The maximum absolute atomic E-state index is 11.6. The van der Waals surface area contributed by atoms with Crippen LogP contribution >= 0.6 is 0 Å². The van der Waals surface area contributed by atoms with E-state index in [4.69, 9.17) is 4.98 Å². The maximum Gasteiger partial charge on any atom is 0.326 e. The van der Waals surface area contributed by atoms with Gasteiger partial charge < -0.3 is 15.7 Å². The van der Waals surface area contributed by atoms with Gasteiger partial charge in [0.05, 0.1) is 11.6 Å². The van der Waals surface area contributed by atoms with Crippen molar-refractivity contribution in [2.24, 2.45) is 0 Å². The molecule has 3 aromatic heterocycles. The number of rotatable bonds is 11. The Morgan fingerprint density at radius 2 is 2.00 bits per heavy atom. The normalized spacial score (nSPS) is 14.1. The number of hydrogen-bond acceptors (Lipinski definition) is 7. The van der Waals surface area contributed by atoms with Gasteiger partial charge in [0.2, 0.25) is 5.95 Å². The zero-order chi connectivity index (χ0) is 21.5. The molecule has 0 radical (unpaired) electrons. The van der Waals surface area contributed by atoms with Gasteiger partial charge in [-0.1, -0.05) is 31.7 Å². The Kier molecular flexibility index (Phi) is 6.91. The largest absolute Gasteiger partial charge is 0.480 e. The summed E-state index contributed by atoms with van der Waals surface area (Å²) in [5, 5.41) is 23.3. The van der Waals surface area contributed by atoms with E-state index in [0.717, 1.165) is 68.4 Å². The lowest BCUT2D eigenvalue weighted by molar-refractivity contribution is -0.138. The molecule has 9 nitrogen and oxygen atoms in total. The first-order valence-electron chi connectivity index (χ1n) is 11.1. The summed E-state index contributed by atoms with van der Waals surface area (Å²) in [6.07, 6.45) is 12.2. The Labute approximate surface area is 181 Å². The van der Waals surface area contributed by atoms with Crippen molar-refractivity contribution in [2.45, 2.75) is 63.8 Å². The summed E-state index contributed by atoms with van der Waals surface area (Å²) in [4.78, 5) is 24.8. The summed E-state index contributed by atoms with van der Waals surface area (Å²) in [5.74, 6) is 0.475. The second kappa shape index (κ2) is 10.2. The number of carboxylic acids is 1. The molecule has 9 heteroatoms. The van der Waals surface area contributed by atoms with Crippen LogP contribution in [-0.4, -0.2) is 48.8 Å². The van der Waals surface area contributed by atoms with Gasteiger partial charge in [-0.25, -0.2) is 14.8 Å². The molecule has 0 saturated carbocycles. The van der Waals surface area contributed by atoms with E-state index in [9.17, 15) is 9.90 Å². The van der Waals surface area contributed by atoms with E-state index in [1.54, 1.807) is 12.4 Å². The summed E-state index contributed by atoms with van der Waals surface area (Å²) in [5.41, 5.74) is 3.06. The maximum atomic E-state index is 11.6. The molecule has 0 spiro atoms. The number of aromatic nitrogens is 5. The molecule has 3 aromatic rings. The number of hydrogen-bond donors (Lipinski definition) is 4. The number of carbonyl (C=O) groups is 1. The molecular formula is C22H29N7O2. The third-order valence-corrected chi connectivity index (χ3v) is 5.67. The number of H-pyrrole nitrogens is 1. The minimum atomic E-state index is -0.889. The Bertz CT molecular complexity index is 1020. The van der Waals surface area contributed by atoms with Crippen LogP contribution in [0.25, 0.3) is 11.0 Å². The predicted octanol–water partition coefficient (Wildman–Crippen LogP) is 3.55. The molecule has 0 aliphatic carbocycles. The van der Waals surface area contributed by atoms with E-state index in [1.165, 1.54) is 12.0 Å². The zero-order valence-corrected chi connectivity index (χ0v) is 17.6. The van der Waals surface area contributed by atoms with Crippen LogP contribution in [0.15, 0.2) is 24.5 Å². The van der Waals surface area contributed by atoms with Gasteiger partial charge in [-0.15, -0.1) is 0 Å². The van der Waals surface area contributed by atoms with E-state index >= 15 is 0 Å². The van der Waals surface area contributed by atoms with Gasteiger partial charge in [0.25, 0.3) is 0 Å². The van der Waals surface area contributed by atoms with Crippen molar-refractivity contribution in [3.8, 4) is 0 Å². The number of pyridine rings is 1. The summed E-state index contributed by atoms with van der Waals surface area (Å²) < 4.78 is 0. The number of aromatic amines is 1. The molecule has 4 heterocycles. The van der Waals surface area contributed by atoms with Crippen molar-refractivity contribution in [1.82, 2.24) is 25.1 Å². The van der Waals surface area contributed by atoms with Gasteiger partial charge in [0.1, 0.15) is 11.9 Å². The minimum absolute atomic E-state index is 0.302. The first-order chi connectivity index (χ1) is 15.2. The molecule has 0 saturated heterocycles. The number of unbranched alkanes of at least 4 members (excludes halogenated alkanes) is 4. The summed E-state index contributed by atoms with van der Waals surface area (Å²) in [6.45, 7) is 1.01. The van der Waals surface area contributed by atoms with Gasteiger partial charge in [-0.05, 0) is 43.7 Å². The van der Waals surface area contributed by atoms with Gasteiger partial charge in [0, 0.05) is 18.4 Å². The standard InChI is InChI=1S/C22H29N7O2/c30-21(31)18(27-22-24-13-16-14-25-29-20(16)28-22)9-5-3-1-2-4-8-17-11-10-15-7-6-12-23-19(15)26-17/h10-11,13-14,18H,1-9,12H2,(H,23,26)(H,30,31)(H2,24,25,27,28,29)/t18-/m0/s1. The molecule has 4 N–H and O–H groups in total. The molecule has 1 aliphatic heterocycles. The first kappa shape index (κ1) is 21.0. The number of carboxylic acid groups (broad SMARTS) is 1. The quantitative estimate of drug-likeness (QED) is 0.345. The van der Waals surface area contributed by atoms with Crippen LogP contribution in [-0.2, 0) is 17.6 Å². The number of nitrogens with one attached hydrogen (secondary N) is 3. The van der Waals surface area contributed by atoms with Gasteiger partial charge in [0.15, 0.2) is 5.65 Å². The molecule has 0 unspecified atom stereocenters. The highest BCUT2D eigenvalue weighted by Gasteiger charge is 2.18. The van der Waals surface area contributed by atoms with E-state index in [2.05, 4.69) is 42.9 Å². The Morgan fingerprint density at radius 3 is 2.90 bits per heavy atom. The number of nitrogens with zero attached hydrogens (tertiary/aromatic N) is 4. The van der Waals surface area contributed by atoms with Gasteiger partial charge >= 0.3 is 5.97 Å². The fourth-order valence-corrected chi connectivity index (χ4v) is 3.91. The van der Waals surface area contributed by atoms with Crippen LogP contribution in [0.1, 0.15) is 56.2 Å². The van der Waals surface area contributed by atoms with Crippen molar-refractivity contribution in [2.75, 3.05) is 17.2 Å². The van der Waals surface area contributed by atoms with Crippen LogP contribution in [0.3, 0.4) is 0 Å². The summed E-state index contributed by atoms with van der Waals surface area (Å²) >= 11 is 0. The molecule has 4 rings (SSSR count). The van der Waals surface area contributed by atoms with E-state index in [1.807, 2.05) is 0 Å². The molecule has 1 aliphatic rings. The van der Waals surface area contributed by atoms with Gasteiger partial charge in [-0.2, -0.15) is 10.1 Å². The lowest BCUT2D eigenvalue weighted by Crippen LogP contribution is -2.30. The highest BCUT2D eigenvalue weighted by Crippen LogP contribution is 2.20. The van der Waals surface area contributed by atoms with Crippen molar-refractivity contribution >= 4 is 28.8 Å². The Balaban J connectivity index is 1.15. The second-order valence-corrected chi connectivity index (χ2v) is 8.05. The summed E-state index contributed by atoms with van der Waals surface area (Å²) in [7, 11) is 0. The highest BCUT2D eigenvalue weighted by molar-refractivity contribution is 5.77. The monoisotopic (exact) mass is 423 g/mol. The second-order valence-electron chi connectivity index (χ2n) is 8.05. The van der Waals surface area contributed by atoms with Crippen molar-refractivity contribution in [3.05, 3.63) is 35.8 Å². The predicted molar refractivity (Wildman–Crippen MR) is 119 cm³/mol. The van der Waals surface area contributed by atoms with Crippen LogP contribution < -0.4 is 10.6 Å². The van der Waals surface area contributed by atoms with Gasteiger partial charge in [-0.3, -0.25) is 5.10 Å². The van der Waals surface area contributed by atoms with Crippen molar-refractivity contribution in [1.29, 1.82) is 0 Å². The number of aryl methyl sites for hydroxylation is 2. The van der Waals surface area contributed by atoms with E-state index in [0.29, 0.717) is 18.0 Å². The fourth-order valence-electron chi connectivity index (χ4n) is 3.91. The molecular weight excluding hydrogens is 394 g/mol. The van der Waals surface area contributed by atoms with Crippen LogP contribution in [0.5, 0.6) is 0 Å². The Morgan fingerprint density at radius 1 is 1.13 bits per heavy atom. The molecule has 1 atom stereocenters. The Hall–Kier alpha value is -3.23. The number of aliphatic carboxylic acids is 1. The fraction of sp³-hybridized carbons (Fsp3) is 0.500. The lowest BCUT2D eigenvalue weighted by Gasteiger charge is -2.17. The first-order valence-corrected chi connectivity index (χ1v) is 11.1. The highest BCUT2D eigenvalue weighted by atomic mass is 16.4. The molecule has 31 heavy (non-hydrogen) atoms. The van der Waals surface area contributed by atoms with Crippen molar-refractivity contribution in [3.63, 3.8) is 0 Å². The van der Waals surface area contributed by atoms with Crippen molar-refractivity contribution < 1.29 is 9.90 Å². The third-order valence-electron chi connectivity index (χ3n) is 5.67. The minimum Gasteiger partial charge on any atom is -0.480 e. The van der Waals surface area contributed by atoms with Crippen LogP contribution in [0.4, 0.5) is 11.8 Å². The van der Waals surface area contributed by atoms with Crippen LogP contribution in [0, 0.1) is 0 Å². The smallest absolute Gasteiger partial charge is 0.326 e. The molecule has 0 aromatic carbocycles. The SMILES string of the molecule is O=C(O)[C@H](CCCCCCCc1ccc2c(n1)NCCC2)Nc1ncc2cn[nH]c2n1.